The molecule has 5 heavy (non-hydrogen) atoms. The maximum Gasteiger partial charge on any atom is 0.626 e. The molecule has 0 bridgehead atoms. The van der Waals surface area contributed by atoms with E-state index < -0.39 is 15.9 Å². The first-order chi connectivity index (χ1) is 2.41. The summed E-state index contributed by atoms with van der Waals surface area (Å²) in [5.74, 6) is 0. The van der Waals surface area contributed by atoms with E-state index in [1.807, 2.05) is 0 Å². The van der Waals surface area contributed by atoms with E-state index in [2.05, 4.69) is 0 Å². The predicted octanol–water partition coefficient (Wildman–Crippen LogP) is -3.15. The van der Waals surface area contributed by atoms with Crippen molar-refractivity contribution in [2.75, 3.05) is 0 Å². The zero-order valence-electron chi connectivity index (χ0n) is 3.52. The maximum atomic E-state index is 4.78. The number of hydrogen-bond donors (Lipinski definition) is 0. The summed E-state index contributed by atoms with van der Waals surface area (Å²) >= 11 is -0.444. The van der Waals surface area contributed by atoms with Crippen LogP contribution in [0.15, 0.2) is 0 Å². The summed E-state index contributed by atoms with van der Waals surface area (Å²) < 4.78 is 9.56. The number of hydrogen-bond acceptors (Lipinski definition) is 2. The molecule has 0 saturated carbocycles. The Kier molecular flexibility index (Phi) is 5.75. The van der Waals surface area contributed by atoms with Gasteiger partial charge in [0.2, 0.25) is 0 Å². The Balaban J connectivity index is 2.19. The molecule has 0 aliphatic rings. The normalized spacial score (nSPS) is 8.80. The monoisotopic (exact) mass is 122 g/mol. The Hall–Kier alpha value is 0.886. The first-order valence-electron chi connectivity index (χ1n) is 1.39. The Morgan fingerprint density at radius 2 is 1.60 bits per heavy atom. The SMILES string of the molecule is [SiH3][O][AlH][O][SiH3]. The topological polar surface area (TPSA) is 18.5 Å². The Labute approximate surface area is 44.3 Å². The van der Waals surface area contributed by atoms with Crippen LogP contribution in [0.1, 0.15) is 0 Å². The fraction of sp³-hybridized carbons (Fsp3) is 0. The molecule has 0 rings (SSSR count). The lowest BCUT2D eigenvalue weighted by Crippen LogP contribution is -1.96. The van der Waals surface area contributed by atoms with Crippen LogP contribution in [0.2, 0.25) is 0 Å². The third-order valence-electron chi connectivity index (χ3n) is 0.236. The van der Waals surface area contributed by atoms with Gasteiger partial charge in [-0.15, -0.1) is 0 Å². The lowest BCUT2D eigenvalue weighted by Gasteiger charge is -1.85. The van der Waals surface area contributed by atoms with Crippen molar-refractivity contribution in [1.82, 2.24) is 0 Å². The molecule has 0 aromatic rings. The third kappa shape index (κ3) is 4.89. The van der Waals surface area contributed by atoms with Crippen LogP contribution in [-0.4, -0.2) is 36.9 Å². The van der Waals surface area contributed by atoms with Crippen LogP contribution in [0.25, 0.3) is 0 Å². The lowest BCUT2D eigenvalue weighted by atomic mass is 15.7. The van der Waals surface area contributed by atoms with Crippen LogP contribution in [-0.2, 0) is 6.96 Å². The van der Waals surface area contributed by atoms with Crippen molar-refractivity contribution in [1.29, 1.82) is 0 Å². The quantitative estimate of drug-likeness (QED) is 0.360. The van der Waals surface area contributed by atoms with Gasteiger partial charge in [-0.25, -0.2) is 0 Å². The van der Waals surface area contributed by atoms with Gasteiger partial charge in [0.25, 0.3) is 0 Å². The molecule has 0 amide bonds. The van der Waals surface area contributed by atoms with Gasteiger partial charge >= 0.3 is 15.9 Å². The van der Waals surface area contributed by atoms with Crippen LogP contribution < -0.4 is 0 Å². The highest BCUT2D eigenvalue weighted by Crippen LogP contribution is 1.52. The molecule has 0 heterocycles. The van der Waals surface area contributed by atoms with E-state index in [0.717, 1.165) is 21.0 Å². The van der Waals surface area contributed by atoms with E-state index in [9.17, 15) is 0 Å². The van der Waals surface area contributed by atoms with Crippen molar-refractivity contribution in [3.05, 3.63) is 0 Å². The van der Waals surface area contributed by atoms with Crippen molar-refractivity contribution in [2.45, 2.75) is 0 Å². The van der Waals surface area contributed by atoms with Crippen molar-refractivity contribution < 1.29 is 6.96 Å². The highest BCUT2D eigenvalue weighted by Gasteiger charge is 1.79. The van der Waals surface area contributed by atoms with Gasteiger partial charge in [0.05, 0.1) is 0 Å². The second-order valence-electron chi connectivity index (χ2n) is 0.695. The average molecular weight is 122 g/mol. The van der Waals surface area contributed by atoms with Gasteiger partial charge in [0.1, 0.15) is 21.0 Å². The van der Waals surface area contributed by atoms with Crippen molar-refractivity contribution >= 4 is 36.9 Å². The summed E-state index contributed by atoms with van der Waals surface area (Å²) in [5.41, 5.74) is 0. The summed E-state index contributed by atoms with van der Waals surface area (Å²) in [6.45, 7) is 0. The van der Waals surface area contributed by atoms with Gasteiger partial charge < -0.3 is 6.96 Å². The molecular weight excluding hydrogens is 115 g/mol. The van der Waals surface area contributed by atoms with E-state index >= 15 is 0 Å². The predicted molar refractivity (Wildman–Crippen MR) is 29.2 cm³/mol. The summed E-state index contributed by atoms with van der Waals surface area (Å²) in [5, 5.41) is 0. The molecule has 0 aliphatic heterocycles. The molecule has 0 atom stereocenters. The first kappa shape index (κ1) is 5.89. The standard InChI is InChI=1S/Al.2H3OSi.H/c;2*1-2;/h;2*2H3;/q+2;2*-1;. The van der Waals surface area contributed by atoms with E-state index in [1.165, 1.54) is 0 Å². The molecule has 0 aromatic carbocycles. The lowest BCUT2D eigenvalue weighted by molar-refractivity contribution is 0.513. The maximum absolute atomic E-state index is 4.78. The molecule has 0 unspecified atom stereocenters. The molecule has 0 N–H and O–H groups in total. The second-order valence-corrected chi connectivity index (χ2v) is 5.55. The van der Waals surface area contributed by atoms with Gasteiger partial charge in [-0.1, -0.05) is 0 Å². The minimum atomic E-state index is -0.444. The highest BCUT2D eigenvalue weighted by atomic mass is 28.2. The van der Waals surface area contributed by atoms with Crippen molar-refractivity contribution in [3.8, 4) is 0 Å². The zero-order valence-corrected chi connectivity index (χ0v) is 8.94. The number of rotatable bonds is 2. The van der Waals surface area contributed by atoms with Crippen LogP contribution in [0.3, 0.4) is 0 Å². The molecular formula is H7AlO2Si2. The van der Waals surface area contributed by atoms with Crippen LogP contribution in [0, 0.1) is 0 Å². The van der Waals surface area contributed by atoms with Gasteiger partial charge in [0.15, 0.2) is 0 Å². The zero-order chi connectivity index (χ0) is 4.12. The molecule has 0 saturated heterocycles. The molecule has 2 nitrogen and oxygen atoms in total. The Morgan fingerprint density at radius 3 is 1.60 bits per heavy atom. The van der Waals surface area contributed by atoms with Crippen LogP contribution >= 0.6 is 0 Å². The first-order valence-corrected chi connectivity index (χ1v) is 4.18. The minimum Gasteiger partial charge on any atom is -0.533 e. The van der Waals surface area contributed by atoms with Gasteiger partial charge in [-0.05, 0) is 0 Å². The van der Waals surface area contributed by atoms with E-state index in [-0.39, 0.29) is 0 Å². The van der Waals surface area contributed by atoms with E-state index in [4.69, 9.17) is 6.96 Å². The summed E-state index contributed by atoms with van der Waals surface area (Å²) in [6, 6.07) is 0. The fourth-order valence-corrected chi connectivity index (χ4v) is 3.18. The molecule has 30 valence electrons. The van der Waals surface area contributed by atoms with Crippen LogP contribution in [0.5, 0.6) is 0 Å². The fourth-order valence-electron chi connectivity index (χ4n) is 0.118. The van der Waals surface area contributed by atoms with E-state index in [1.54, 1.807) is 0 Å². The summed E-state index contributed by atoms with van der Waals surface area (Å²) in [4.78, 5) is 0. The highest BCUT2D eigenvalue weighted by molar-refractivity contribution is 6.33. The molecule has 0 spiro atoms. The third-order valence-corrected chi connectivity index (χ3v) is 2.12. The van der Waals surface area contributed by atoms with Crippen molar-refractivity contribution in [3.63, 3.8) is 0 Å². The van der Waals surface area contributed by atoms with E-state index in [0.29, 0.717) is 0 Å². The average Bonchev–Trinajstić information content (AvgIpc) is 1.41. The summed E-state index contributed by atoms with van der Waals surface area (Å²) in [6.07, 6.45) is 0. The minimum absolute atomic E-state index is 0.444. The molecule has 0 aromatic heterocycles. The smallest absolute Gasteiger partial charge is 0.533 e. The largest absolute Gasteiger partial charge is 0.626 e. The molecule has 0 fully saturated rings. The van der Waals surface area contributed by atoms with Gasteiger partial charge in [-0.3, -0.25) is 0 Å². The second kappa shape index (κ2) is 4.89. The van der Waals surface area contributed by atoms with Crippen LogP contribution in [0.4, 0.5) is 0 Å². The summed E-state index contributed by atoms with van der Waals surface area (Å²) in [7, 11) is 1.72. The Morgan fingerprint density at radius 1 is 1.20 bits per heavy atom. The van der Waals surface area contributed by atoms with Gasteiger partial charge in [-0.2, -0.15) is 0 Å². The molecule has 0 aliphatic carbocycles. The van der Waals surface area contributed by atoms with Crippen molar-refractivity contribution in [2.24, 2.45) is 0 Å². The van der Waals surface area contributed by atoms with Gasteiger partial charge in [0, 0.05) is 0 Å². The Bertz CT molecular complexity index is 15.1. The molecule has 0 radical (unpaired) electrons. The molecule has 5 heteroatoms.